The lowest BCUT2D eigenvalue weighted by atomic mass is 10.2. The Morgan fingerprint density at radius 2 is 1.78 bits per heavy atom. The van der Waals surface area contributed by atoms with Gasteiger partial charge in [-0.05, 0) is 43.7 Å². The van der Waals surface area contributed by atoms with Crippen molar-refractivity contribution >= 4 is 27.8 Å². The third-order valence-electron chi connectivity index (χ3n) is 5.05. The van der Waals surface area contributed by atoms with E-state index < -0.39 is 17.1 Å². The van der Waals surface area contributed by atoms with Crippen molar-refractivity contribution in [2.75, 3.05) is 0 Å². The van der Waals surface area contributed by atoms with Crippen molar-refractivity contribution in [3.8, 4) is 11.6 Å². The van der Waals surface area contributed by atoms with E-state index in [4.69, 9.17) is 0 Å². The molecule has 0 aliphatic heterocycles. The van der Waals surface area contributed by atoms with Crippen LogP contribution in [0.5, 0.6) is 5.88 Å². The highest BCUT2D eigenvalue weighted by Crippen LogP contribution is 2.24. The maximum atomic E-state index is 12.4. The van der Waals surface area contributed by atoms with Gasteiger partial charge in [-0.1, -0.05) is 46.3 Å². The minimum Gasteiger partial charge on any atom is -0.493 e. The zero-order valence-electron chi connectivity index (χ0n) is 17.4. The third kappa shape index (κ3) is 4.19. The Labute approximate surface area is 191 Å². The molecule has 2 N–H and O–H groups in total. The number of nitrogens with one attached hydrogen (secondary N) is 1. The van der Waals surface area contributed by atoms with E-state index >= 15 is 0 Å². The smallest absolute Gasteiger partial charge is 0.335 e. The summed E-state index contributed by atoms with van der Waals surface area (Å²) < 4.78 is 3.68. The Morgan fingerprint density at radius 1 is 1.09 bits per heavy atom. The number of H-pyrrole nitrogens is 1. The first-order valence-corrected chi connectivity index (χ1v) is 10.6. The number of benzene rings is 2. The maximum Gasteiger partial charge on any atom is 0.335 e. The molecule has 0 atom stereocenters. The summed E-state index contributed by atoms with van der Waals surface area (Å²) in [6, 6.07) is 16.7. The zero-order valence-corrected chi connectivity index (χ0v) is 19.0. The average Bonchev–Trinajstić information content (AvgIpc) is 3.02. The molecular formula is C23H20BrN5O3. The van der Waals surface area contributed by atoms with Gasteiger partial charge in [0, 0.05) is 10.7 Å². The number of hydrogen-bond acceptors (Lipinski definition) is 5. The molecule has 0 aliphatic carbocycles. The fourth-order valence-corrected chi connectivity index (χ4v) is 3.66. The van der Waals surface area contributed by atoms with Crippen molar-refractivity contribution in [2.24, 2.45) is 4.99 Å². The summed E-state index contributed by atoms with van der Waals surface area (Å²) in [7, 11) is 0. The summed E-state index contributed by atoms with van der Waals surface area (Å²) in [4.78, 5) is 31.4. The number of aromatic hydroxyl groups is 1. The third-order valence-corrected chi connectivity index (χ3v) is 5.58. The molecule has 162 valence electrons. The van der Waals surface area contributed by atoms with Gasteiger partial charge in [-0.15, -0.1) is 0 Å². The predicted octanol–water partition coefficient (Wildman–Crippen LogP) is 3.61. The van der Waals surface area contributed by atoms with Gasteiger partial charge in [-0.25, -0.2) is 9.36 Å². The fraction of sp³-hybridized carbons (Fsp3) is 0.130. The van der Waals surface area contributed by atoms with E-state index in [1.54, 1.807) is 24.3 Å². The Kier molecular flexibility index (Phi) is 5.91. The zero-order chi connectivity index (χ0) is 22.8. The Balaban J connectivity index is 1.73. The molecule has 0 unspecified atom stereocenters. The number of hydrogen-bond donors (Lipinski definition) is 2. The van der Waals surface area contributed by atoms with Crippen molar-refractivity contribution < 1.29 is 5.11 Å². The Bertz CT molecular complexity index is 1420. The van der Waals surface area contributed by atoms with Crippen LogP contribution in [0.3, 0.4) is 0 Å². The van der Waals surface area contributed by atoms with Gasteiger partial charge in [-0.2, -0.15) is 5.10 Å². The summed E-state index contributed by atoms with van der Waals surface area (Å²) in [6.45, 7) is 4.31. The van der Waals surface area contributed by atoms with Crippen LogP contribution in [-0.2, 0) is 6.54 Å². The molecule has 2 aromatic heterocycles. The van der Waals surface area contributed by atoms with E-state index in [1.807, 2.05) is 48.9 Å². The lowest BCUT2D eigenvalue weighted by Crippen LogP contribution is -2.31. The topological polar surface area (TPSA) is 105 Å². The van der Waals surface area contributed by atoms with Crippen molar-refractivity contribution in [2.45, 2.75) is 20.4 Å². The second kappa shape index (κ2) is 8.80. The number of halogens is 1. The van der Waals surface area contributed by atoms with Crippen LogP contribution in [-0.4, -0.2) is 30.7 Å². The molecular weight excluding hydrogens is 474 g/mol. The molecule has 0 bridgehead atoms. The highest BCUT2D eigenvalue weighted by molar-refractivity contribution is 9.10. The summed E-state index contributed by atoms with van der Waals surface area (Å²) in [5.74, 6) is -0.489. The van der Waals surface area contributed by atoms with Gasteiger partial charge < -0.3 is 5.11 Å². The number of aliphatic imine (C=N–C) groups is 1. The van der Waals surface area contributed by atoms with Crippen molar-refractivity contribution in [3.63, 3.8) is 0 Å². The number of nitrogens with zero attached hydrogens (tertiary/aromatic N) is 4. The Hall–Kier alpha value is -3.72. The summed E-state index contributed by atoms with van der Waals surface area (Å²) in [5, 5.41) is 15.3. The summed E-state index contributed by atoms with van der Waals surface area (Å²) in [5.41, 5.74) is 2.02. The van der Waals surface area contributed by atoms with Crippen LogP contribution in [0.4, 0.5) is 5.69 Å². The number of aromatic nitrogens is 4. The minimum atomic E-state index is -0.741. The van der Waals surface area contributed by atoms with Crippen molar-refractivity contribution in [3.05, 3.63) is 102 Å². The van der Waals surface area contributed by atoms with Crippen molar-refractivity contribution in [1.82, 2.24) is 19.3 Å². The molecule has 8 nitrogen and oxygen atoms in total. The predicted molar refractivity (Wildman–Crippen MR) is 127 cm³/mol. The summed E-state index contributed by atoms with van der Waals surface area (Å²) in [6.07, 6.45) is 1.26. The van der Waals surface area contributed by atoms with E-state index in [1.165, 1.54) is 6.21 Å². The van der Waals surface area contributed by atoms with Crippen LogP contribution in [0.2, 0.25) is 0 Å². The van der Waals surface area contributed by atoms with E-state index in [-0.39, 0.29) is 5.56 Å². The monoisotopic (exact) mass is 493 g/mol. The van der Waals surface area contributed by atoms with Gasteiger partial charge in [0.25, 0.3) is 5.56 Å². The molecule has 4 rings (SSSR count). The van der Waals surface area contributed by atoms with E-state index in [2.05, 4.69) is 31.0 Å². The van der Waals surface area contributed by atoms with E-state index in [0.717, 1.165) is 20.3 Å². The number of rotatable bonds is 5. The number of aryl methyl sites for hydroxylation is 1. The molecule has 2 aromatic carbocycles. The lowest BCUT2D eigenvalue weighted by Gasteiger charge is -2.09. The van der Waals surface area contributed by atoms with Gasteiger partial charge in [0.1, 0.15) is 11.3 Å². The molecule has 0 saturated heterocycles. The number of aromatic amines is 1. The standard InChI is InChI=1S/C23H20BrN5O3/c1-14-20(15(2)28(27-14)13-16-6-4-3-5-7-16)25-12-19-21(30)26-23(32)29(22(19)31)18-10-8-17(24)9-11-18/h3-12,31H,13H2,1-2H3,(H,26,30,32). The Morgan fingerprint density at radius 3 is 2.47 bits per heavy atom. The molecule has 0 saturated carbocycles. The van der Waals surface area contributed by atoms with Crippen LogP contribution in [0.15, 0.2) is 73.7 Å². The fourth-order valence-electron chi connectivity index (χ4n) is 3.40. The van der Waals surface area contributed by atoms with Crippen LogP contribution < -0.4 is 11.2 Å². The molecule has 32 heavy (non-hydrogen) atoms. The van der Waals surface area contributed by atoms with Gasteiger partial charge in [-0.3, -0.25) is 19.5 Å². The first-order chi connectivity index (χ1) is 15.3. The summed E-state index contributed by atoms with van der Waals surface area (Å²) >= 11 is 3.33. The highest BCUT2D eigenvalue weighted by atomic mass is 79.9. The lowest BCUT2D eigenvalue weighted by molar-refractivity contribution is 0.430. The van der Waals surface area contributed by atoms with E-state index in [0.29, 0.717) is 23.6 Å². The molecule has 0 spiro atoms. The maximum absolute atomic E-state index is 12.4. The van der Waals surface area contributed by atoms with Crippen LogP contribution in [0.25, 0.3) is 5.69 Å². The highest BCUT2D eigenvalue weighted by Gasteiger charge is 2.16. The SMILES string of the molecule is Cc1nn(Cc2ccccc2)c(C)c1N=Cc1c(O)n(-c2ccc(Br)cc2)c(=O)[nH]c1=O. The molecule has 0 aliphatic rings. The van der Waals surface area contributed by atoms with Gasteiger partial charge in [0.15, 0.2) is 0 Å². The second-order valence-electron chi connectivity index (χ2n) is 7.23. The quantitative estimate of drug-likeness (QED) is 0.414. The van der Waals surface area contributed by atoms with Gasteiger partial charge >= 0.3 is 5.69 Å². The van der Waals surface area contributed by atoms with Crippen molar-refractivity contribution in [1.29, 1.82) is 0 Å². The molecule has 4 aromatic rings. The first-order valence-electron chi connectivity index (χ1n) is 9.81. The van der Waals surface area contributed by atoms with E-state index in [9.17, 15) is 14.7 Å². The first kappa shape index (κ1) is 21.5. The largest absolute Gasteiger partial charge is 0.493 e. The van der Waals surface area contributed by atoms with Crippen LogP contribution in [0.1, 0.15) is 22.5 Å². The molecule has 9 heteroatoms. The van der Waals surface area contributed by atoms with Crippen LogP contribution >= 0.6 is 15.9 Å². The molecule has 2 heterocycles. The second-order valence-corrected chi connectivity index (χ2v) is 8.14. The minimum absolute atomic E-state index is 0.123. The normalized spacial score (nSPS) is 11.3. The van der Waals surface area contributed by atoms with Gasteiger partial charge in [0.05, 0.1) is 23.6 Å². The van der Waals surface area contributed by atoms with Crippen LogP contribution in [0, 0.1) is 13.8 Å². The molecule has 0 amide bonds. The van der Waals surface area contributed by atoms with Gasteiger partial charge in [0.2, 0.25) is 5.88 Å². The average molecular weight is 494 g/mol. The molecule has 0 radical (unpaired) electrons. The molecule has 0 fully saturated rings.